The van der Waals surface area contributed by atoms with Crippen LogP contribution in [0.15, 0.2) is 34.9 Å². The number of hydrogen-bond acceptors (Lipinski definition) is 1. The lowest BCUT2D eigenvalue weighted by molar-refractivity contribution is 0.102. The van der Waals surface area contributed by atoms with Gasteiger partial charge < -0.3 is 10.3 Å². The van der Waals surface area contributed by atoms with Crippen LogP contribution >= 0.6 is 38.5 Å². The first-order valence-corrected chi connectivity index (χ1v) is 6.85. The number of aromatic amines is 1. The van der Waals surface area contributed by atoms with Crippen LogP contribution in [0.25, 0.3) is 0 Å². The lowest BCUT2D eigenvalue weighted by atomic mass is 10.3. The van der Waals surface area contributed by atoms with Crippen molar-refractivity contribution in [2.75, 3.05) is 5.32 Å². The molecule has 0 aliphatic rings. The Balaban J connectivity index is 2.14. The van der Waals surface area contributed by atoms with Gasteiger partial charge in [-0.25, -0.2) is 0 Å². The van der Waals surface area contributed by atoms with E-state index in [2.05, 4.69) is 48.8 Å². The zero-order valence-electron chi connectivity index (χ0n) is 9.05. The van der Waals surface area contributed by atoms with E-state index in [0.29, 0.717) is 5.69 Å². The molecule has 0 unspecified atom stereocenters. The fourth-order valence-electron chi connectivity index (χ4n) is 1.39. The maximum absolute atomic E-state index is 11.9. The first-order valence-electron chi connectivity index (χ1n) is 4.98. The second-order valence-electron chi connectivity index (χ2n) is 3.64. The lowest BCUT2D eigenvalue weighted by Crippen LogP contribution is -2.12. The molecule has 0 fully saturated rings. The predicted molar refractivity (Wildman–Crippen MR) is 80.3 cm³/mol. The molecule has 5 heteroatoms. The van der Waals surface area contributed by atoms with Crippen molar-refractivity contribution in [3.8, 4) is 0 Å². The number of H-pyrrole nitrogens is 1. The standard InChI is InChI=1S/C12H10BrIN2O/c1-7-6-10(16-11(7)13)12(17)15-9-4-2-8(14)3-5-9/h2-6,16H,1H3,(H,15,17). The Labute approximate surface area is 121 Å². The fraction of sp³-hybridized carbons (Fsp3) is 0.0833. The third kappa shape index (κ3) is 3.10. The Morgan fingerprint density at radius 2 is 2.00 bits per heavy atom. The molecule has 1 heterocycles. The largest absolute Gasteiger partial charge is 0.345 e. The van der Waals surface area contributed by atoms with Crippen molar-refractivity contribution in [2.24, 2.45) is 0 Å². The topological polar surface area (TPSA) is 44.9 Å². The second kappa shape index (κ2) is 5.22. The van der Waals surface area contributed by atoms with Crippen LogP contribution < -0.4 is 5.32 Å². The van der Waals surface area contributed by atoms with E-state index in [1.54, 1.807) is 0 Å². The summed E-state index contributed by atoms with van der Waals surface area (Å²) in [7, 11) is 0. The molecule has 2 N–H and O–H groups in total. The van der Waals surface area contributed by atoms with Crippen molar-refractivity contribution in [1.29, 1.82) is 0 Å². The molecule has 0 saturated carbocycles. The van der Waals surface area contributed by atoms with Crippen molar-refractivity contribution in [3.63, 3.8) is 0 Å². The average Bonchev–Trinajstić information content (AvgIpc) is 2.63. The summed E-state index contributed by atoms with van der Waals surface area (Å²) in [5, 5.41) is 2.83. The van der Waals surface area contributed by atoms with Crippen molar-refractivity contribution in [2.45, 2.75) is 6.92 Å². The lowest BCUT2D eigenvalue weighted by Gasteiger charge is -2.03. The van der Waals surface area contributed by atoms with Gasteiger partial charge in [0.1, 0.15) is 5.69 Å². The van der Waals surface area contributed by atoms with Crippen LogP contribution in [0.4, 0.5) is 5.69 Å². The van der Waals surface area contributed by atoms with Gasteiger partial charge in [-0.15, -0.1) is 0 Å². The van der Waals surface area contributed by atoms with E-state index in [1.807, 2.05) is 37.3 Å². The van der Waals surface area contributed by atoms with Gasteiger partial charge in [0.2, 0.25) is 0 Å². The van der Waals surface area contributed by atoms with Gasteiger partial charge in [-0.2, -0.15) is 0 Å². The van der Waals surface area contributed by atoms with Crippen LogP contribution in [-0.2, 0) is 0 Å². The maximum atomic E-state index is 11.9. The molecule has 2 rings (SSSR count). The highest BCUT2D eigenvalue weighted by Gasteiger charge is 2.10. The normalized spacial score (nSPS) is 10.3. The summed E-state index contributed by atoms with van der Waals surface area (Å²) in [4.78, 5) is 14.9. The number of benzene rings is 1. The molecule has 88 valence electrons. The van der Waals surface area contributed by atoms with Crippen LogP contribution in [0.1, 0.15) is 16.1 Å². The summed E-state index contributed by atoms with van der Waals surface area (Å²) < 4.78 is 1.98. The number of halogens is 2. The Bertz CT molecular complexity index is 529. The number of aryl methyl sites for hydroxylation is 1. The second-order valence-corrected chi connectivity index (χ2v) is 5.68. The van der Waals surface area contributed by atoms with E-state index in [9.17, 15) is 4.79 Å². The molecule has 17 heavy (non-hydrogen) atoms. The van der Waals surface area contributed by atoms with Gasteiger partial charge >= 0.3 is 0 Å². The number of hydrogen-bond donors (Lipinski definition) is 2. The molecule has 1 aromatic carbocycles. The Morgan fingerprint density at radius 1 is 1.35 bits per heavy atom. The van der Waals surface area contributed by atoms with E-state index < -0.39 is 0 Å². The van der Waals surface area contributed by atoms with E-state index in [-0.39, 0.29) is 5.91 Å². The number of carbonyl (C=O) groups is 1. The summed E-state index contributed by atoms with van der Waals surface area (Å²) >= 11 is 5.57. The zero-order chi connectivity index (χ0) is 12.4. The minimum atomic E-state index is -0.139. The Morgan fingerprint density at radius 3 is 2.53 bits per heavy atom. The predicted octanol–water partition coefficient (Wildman–Crippen LogP) is 3.94. The van der Waals surface area contributed by atoms with Gasteiger partial charge in [-0.3, -0.25) is 4.79 Å². The molecule has 1 amide bonds. The zero-order valence-corrected chi connectivity index (χ0v) is 12.8. The molecule has 0 spiro atoms. The Kier molecular flexibility index (Phi) is 3.88. The van der Waals surface area contributed by atoms with Gasteiger partial charge in [0.05, 0.1) is 4.60 Å². The molecular weight excluding hydrogens is 395 g/mol. The van der Waals surface area contributed by atoms with E-state index in [4.69, 9.17) is 0 Å². The number of carbonyl (C=O) groups excluding carboxylic acids is 1. The molecule has 0 radical (unpaired) electrons. The highest BCUT2D eigenvalue weighted by atomic mass is 127. The van der Waals surface area contributed by atoms with E-state index >= 15 is 0 Å². The van der Waals surface area contributed by atoms with Gasteiger partial charge in [-0.1, -0.05) is 0 Å². The number of anilines is 1. The van der Waals surface area contributed by atoms with Crippen LogP contribution in [-0.4, -0.2) is 10.9 Å². The van der Waals surface area contributed by atoms with E-state index in [1.165, 1.54) is 0 Å². The molecule has 0 saturated heterocycles. The molecule has 0 atom stereocenters. The third-order valence-electron chi connectivity index (χ3n) is 2.30. The fourth-order valence-corrected chi connectivity index (χ4v) is 2.07. The van der Waals surface area contributed by atoms with Crippen molar-refractivity contribution >= 4 is 50.1 Å². The number of aromatic nitrogens is 1. The Hall–Kier alpha value is -0.820. The number of nitrogens with one attached hydrogen (secondary N) is 2. The van der Waals surface area contributed by atoms with Crippen molar-refractivity contribution in [1.82, 2.24) is 4.98 Å². The number of amides is 1. The monoisotopic (exact) mass is 404 g/mol. The average molecular weight is 405 g/mol. The van der Waals surface area contributed by atoms with Crippen LogP contribution in [0.5, 0.6) is 0 Å². The number of rotatable bonds is 2. The maximum Gasteiger partial charge on any atom is 0.272 e. The molecular formula is C12H10BrIN2O. The van der Waals surface area contributed by atoms with Gasteiger partial charge in [-0.05, 0) is 81.3 Å². The van der Waals surface area contributed by atoms with Crippen molar-refractivity contribution < 1.29 is 4.79 Å². The molecule has 0 bridgehead atoms. The first kappa shape index (κ1) is 12.6. The minimum Gasteiger partial charge on any atom is -0.345 e. The third-order valence-corrected chi connectivity index (χ3v) is 3.84. The highest BCUT2D eigenvalue weighted by Crippen LogP contribution is 2.17. The summed E-state index contributed by atoms with van der Waals surface area (Å²) in [5.41, 5.74) is 2.35. The molecule has 0 aliphatic carbocycles. The summed E-state index contributed by atoms with van der Waals surface area (Å²) in [6, 6.07) is 9.47. The van der Waals surface area contributed by atoms with Gasteiger partial charge in [0.15, 0.2) is 0 Å². The highest BCUT2D eigenvalue weighted by molar-refractivity contribution is 14.1. The van der Waals surface area contributed by atoms with Crippen LogP contribution in [0.2, 0.25) is 0 Å². The van der Waals surface area contributed by atoms with Crippen molar-refractivity contribution in [3.05, 3.63) is 49.8 Å². The summed E-state index contributed by atoms with van der Waals surface area (Å²) in [6.07, 6.45) is 0. The molecule has 2 aromatic rings. The molecule has 1 aromatic heterocycles. The quantitative estimate of drug-likeness (QED) is 0.731. The van der Waals surface area contributed by atoms with Crippen LogP contribution in [0.3, 0.4) is 0 Å². The van der Waals surface area contributed by atoms with Gasteiger partial charge in [0.25, 0.3) is 5.91 Å². The molecule has 3 nitrogen and oxygen atoms in total. The summed E-state index contributed by atoms with van der Waals surface area (Å²) in [6.45, 7) is 1.93. The summed E-state index contributed by atoms with van der Waals surface area (Å²) in [5.74, 6) is -0.139. The van der Waals surface area contributed by atoms with E-state index in [0.717, 1.165) is 19.4 Å². The molecule has 0 aliphatic heterocycles. The van der Waals surface area contributed by atoms with Gasteiger partial charge in [0, 0.05) is 9.26 Å². The first-order chi connectivity index (χ1) is 8.06. The minimum absolute atomic E-state index is 0.139. The van der Waals surface area contributed by atoms with Crippen LogP contribution in [0, 0.1) is 10.5 Å². The smallest absolute Gasteiger partial charge is 0.272 e. The SMILES string of the molecule is Cc1cc(C(=O)Nc2ccc(I)cc2)[nH]c1Br.